The van der Waals surface area contributed by atoms with Crippen molar-refractivity contribution in [1.29, 1.82) is 5.26 Å². The third-order valence-corrected chi connectivity index (χ3v) is 3.38. The van der Waals surface area contributed by atoms with E-state index >= 15 is 0 Å². The fourth-order valence-corrected chi connectivity index (χ4v) is 1.99. The van der Waals surface area contributed by atoms with E-state index in [1.54, 1.807) is 13.1 Å². The zero-order valence-corrected chi connectivity index (χ0v) is 12.9. The minimum absolute atomic E-state index is 0.583. The Bertz CT molecular complexity index is 620. The highest BCUT2D eigenvalue weighted by molar-refractivity contribution is 9.10. The maximum Gasteiger partial charge on any atom is 0.185 e. The van der Waals surface area contributed by atoms with Crippen LogP contribution in [0, 0.1) is 11.5 Å². The van der Waals surface area contributed by atoms with Gasteiger partial charge in [-0.1, -0.05) is 28.1 Å². The minimum Gasteiger partial charge on any atom is -0.355 e. The van der Waals surface area contributed by atoms with Crippen LogP contribution in [0.15, 0.2) is 41.1 Å². The van der Waals surface area contributed by atoms with E-state index in [4.69, 9.17) is 5.26 Å². The highest BCUT2D eigenvalue weighted by atomic mass is 79.9. The molecular weight excluding hydrogens is 318 g/mol. The second kappa shape index (κ2) is 6.35. The molecule has 0 saturated heterocycles. The van der Waals surface area contributed by atoms with E-state index in [-0.39, 0.29) is 0 Å². The fourth-order valence-electron chi connectivity index (χ4n) is 1.73. The summed E-state index contributed by atoms with van der Waals surface area (Å²) in [5.74, 6) is 1.36. The Labute approximate surface area is 126 Å². The summed E-state index contributed by atoms with van der Waals surface area (Å²) in [6.07, 6.45) is 3.49. The van der Waals surface area contributed by atoms with E-state index in [1.165, 1.54) is 16.8 Å². The van der Waals surface area contributed by atoms with Crippen LogP contribution in [0.3, 0.4) is 0 Å². The van der Waals surface area contributed by atoms with Crippen LogP contribution in [0.2, 0.25) is 0 Å². The SMILES string of the molecule is CN(C#N)c1cc(N(C)Cc2ccc(Br)cc2)ncn1. The van der Waals surface area contributed by atoms with E-state index in [1.807, 2.05) is 30.3 Å². The van der Waals surface area contributed by atoms with Gasteiger partial charge in [-0.3, -0.25) is 4.90 Å². The number of nitriles is 1. The van der Waals surface area contributed by atoms with Gasteiger partial charge in [0, 0.05) is 31.2 Å². The predicted octanol–water partition coefficient (Wildman–Crippen LogP) is 2.79. The van der Waals surface area contributed by atoms with Crippen molar-refractivity contribution in [2.75, 3.05) is 23.9 Å². The first kappa shape index (κ1) is 14.3. The van der Waals surface area contributed by atoms with Crippen LogP contribution in [0.5, 0.6) is 0 Å². The van der Waals surface area contributed by atoms with Gasteiger partial charge in [0.15, 0.2) is 6.19 Å². The Balaban J connectivity index is 2.15. The van der Waals surface area contributed by atoms with Crippen LogP contribution < -0.4 is 9.80 Å². The monoisotopic (exact) mass is 331 g/mol. The van der Waals surface area contributed by atoms with Gasteiger partial charge in [0.05, 0.1) is 0 Å². The van der Waals surface area contributed by atoms with Crippen LogP contribution in [0.1, 0.15) is 5.56 Å². The molecule has 0 saturated carbocycles. The number of rotatable bonds is 4. The van der Waals surface area contributed by atoms with Gasteiger partial charge in [-0.2, -0.15) is 5.26 Å². The quantitative estimate of drug-likeness (QED) is 0.637. The van der Waals surface area contributed by atoms with Gasteiger partial charge in [-0.05, 0) is 17.7 Å². The second-order valence-corrected chi connectivity index (χ2v) is 5.29. The lowest BCUT2D eigenvalue weighted by Gasteiger charge is -2.19. The molecule has 0 fully saturated rings. The molecule has 0 spiro atoms. The smallest absolute Gasteiger partial charge is 0.185 e. The maximum absolute atomic E-state index is 8.88. The van der Waals surface area contributed by atoms with E-state index < -0.39 is 0 Å². The Hall–Kier alpha value is -2.13. The minimum atomic E-state index is 0.583. The van der Waals surface area contributed by atoms with Crippen molar-refractivity contribution in [2.45, 2.75) is 6.54 Å². The van der Waals surface area contributed by atoms with Crippen LogP contribution in [-0.4, -0.2) is 24.1 Å². The summed E-state index contributed by atoms with van der Waals surface area (Å²) in [7, 11) is 3.63. The van der Waals surface area contributed by atoms with Gasteiger partial charge >= 0.3 is 0 Å². The lowest BCUT2D eigenvalue weighted by Crippen LogP contribution is -2.19. The number of benzene rings is 1. The molecule has 2 rings (SSSR count). The van der Waals surface area contributed by atoms with Crippen molar-refractivity contribution in [1.82, 2.24) is 9.97 Å². The van der Waals surface area contributed by atoms with Gasteiger partial charge in [0.1, 0.15) is 18.0 Å². The van der Waals surface area contributed by atoms with Crippen molar-refractivity contribution in [3.05, 3.63) is 46.7 Å². The summed E-state index contributed by atoms with van der Waals surface area (Å²) in [5, 5.41) is 8.88. The fraction of sp³-hybridized carbons (Fsp3) is 0.214. The maximum atomic E-state index is 8.88. The van der Waals surface area contributed by atoms with Gasteiger partial charge < -0.3 is 4.90 Å². The first-order chi connectivity index (χ1) is 9.60. The summed E-state index contributed by atoms with van der Waals surface area (Å²) in [4.78, 5) is 11.7. The number of halogens is 1. The Morgan fingerprint density at radius 1 is 1.15 bits per heavy atom. The Morgan fingerprint density at radius 3 is 2.45 bits per heavy atom. The van der Waals surface area contributed by atoms with Crippen molar-refractivity contribution < 1.29 is 0 Å². The first-order valence-electron chi connectivity index (χ1n) is 6.01. The third kappa shape index (κ3) is 3.45. The average Bonchev–Trinajstić information content (AvgIpc) is 2.49. The molecule has 0 unspecified atom stereocenters. The molecule has 1 aromatic carbocycles. The van der Waals surface area contributed by atoms with E-state index in [0.29, 0.717) is 5.82 Å². The summed E-state index contributed by atoms with van der Waals surface area (Å²) in [6, 6.07) is 9.94. The molecule has 2 aromatic rings. The predicted molar refractivity (Wildman–Crippen MR) is 82.3 cm³/mol. The van der Waals surface area contributed by atoms with Crippen molar-refractivity contribution in [3.8, 4) is 6.19 Å². The van der Waals surface area contributed by atoms with Gasteiger partial charge in [0.25, 0.3) is 0 Å². The molecule has 0 amide bonds. The van der Waals surface area contributed by atoms with E-state index in [0.717, 1.165) is 16.8 Å². The molecule has 0 N–H and O–H groups in total. The highest BCUT2D eigenvalue weighted by Gasteiger charge is 2.07. The lowest BCUT2D eigenvalue weighted by atomic mass is 10.2. The second-order valence-electron chi connectivity index (χ2n) is 4.38. The largest absolute Gasteiger partial charge is 0.355 e. The van der Waals surface area contributed by atoms with Crippen LogP contribution in [0.25, 0.3) is 0 Å². The number of nitrogens with zero attached hydrogens (tertiary/aromatic N) is 5. The average molecular weight is 332 g/mol. The summed E-state index contributed by atoms with van der Waals surface area (Å²) >= 11 is 3.42. The van der Waals surface area contributed by atoms with Gasteiger partial charge in [-0.15, -0.1) is 0 Å². The zero-order chi connectivity index (χ0) is 14.5. The topological polar surface area (TPSA) is 56.1 Å². The van der Waals surface area contributed by atoms with Crippen molar-refractivity contribution in [3.63, 3.8) is 0 Å². The van der Waals surface area contributed by atoms with Crippen molar-refractivity contribution >= 4 is 27.6 Å². The first-order valence-corrected chi connectivity index (χ1v) is 6.80. The molecule has 0 aliphatic rings. The molecule has 1 aromatic heterocycles. The molecule has 0 aliphatic carbocycles. The molecule has 6 heteroatoms. The van der Waals surface area contributed by atoms with Crippen molar-refractivity contribution in [2.24, 2.45) is 0 Å². The van der Waals surface area contributed by atoms with Crippen LogP contribution in [-0.2, 0) is 6.54 Å². The van der Waals surface area contributed by atoms with Gasteiger partial charge in [0.2, 0.25) is 0 Å². The standard InChI is InChI=1S/C14H14BrN5/c1-19(8-11-3-5-12(15)6-4-11)13-7-14(18-10-17-13)20(2)9-16/h3-7,10H,8H2,1-2H3. The number of aromatic nitrogens is 2. The number of hydrogen-bond donors (Lipinski definition) is 0. The summed E-state index contributed by atoms with van der Waals surface area (Å²) in [5.41, 5.74) is 1.18. The molecule has 5 nitrogen and oxygen atoms in total. The zero-order valence-electron chi connectivity index (χ0n) is 11.3. The lowest BCUT2D eigenvalue weighted by molar-refractivity contribution is 0.888. The van der Waals surface area contributed by atoms with Crippen LogP contribution >= 0.6 is 15.9 Å². The number of hydrogen-bond acceptors (Lipinski definition) is 5. The molecule has 20 heavy (non-hydrogen) atoms. The van der Waals surface area contributed by atoms with Crippen LogP contribution in [0.4, 0.5) is 11.6 Å². The molecule has 0 aliphatic heterocycles. The van der Waals surface area contributed by atoms with Gasteiger partial charge in [-0.25, -0.2) is 9.97 Å². The molecule has 0 radical (unpaired) electrons. The Morgan fingerprint density at radius 2 is 1.80 bits per heavy atom. The number of anilines is 2. The highest BCUT2D eigenvalue weighted by Crippen LogP contribution is 2.18. The summed E-state index contributed by atoms with van der Waals surface area (Å²) in [6.45, 7) is 0.736. The molecule has 0 atom stereocenters. The third-order valence-electron chi connectivity index (χ3n) is 2.86. The molecular formula is C14H14BrN5. The summed E-state index contributed by atoms with van der Waals surface area (Å²) < 4.78 is 1.06. The Kier molecular flexibility index (Phi) is 4.53. The molecule has 1 heterocycles. The normalized spacial score (nSPS) is 9.90. The van der Waals surface area contributed by atoms with E-state index in [9.17, 15) is 0 Å². The van der Waals surface area contributed by atoms with E-state index in [2.05, 4.69) is 38.0 Å². The molecule has 102 valence electrons. The molecule has 0 bridgehead atoms.